The van der Waals surface area contributed by atoms with Gasteiger partial charge in [-0.1, -0.05) is 39.8 Å². The molecular formula is C14H23NaO. The average Bonchev–Trinajstić information content (AvgIpc) is 2.06. The molecule has 0 aliphatic carbocycles. The number of phenolic OH excluding ortho intramolecular Hbond substituents is 1. The molecule has 0 radical (unpaired) electrons. The molecule has 1 nitrogen and oxygen atoms in total. The van der Waals surface area contributed by atoms with E-state index in [0.29, 0.717) is 11.2 Å². The molecule has 16 heavy (non-hydrogen) atoms. The topological polar surface area (TPSA) is 20.2 Å². The van der Waals surface area contributed by atoms with Crippen LogP contribution in [0.3, 0.4) is 0 Å². The van der Waals surface area contributed by atoms with Crippen LogP contribution in [0, 0.1) is 11.3 Å². The van der Waals surface area contributed by atoms with Gasteiger partial charge in [0.2, 0.25) is 0 Å². The minimum absolute atomic E-state index is 0. The van der Waals surface area contributed by atoms with Gasteiger partial charge in [0.05, 0.1) is 0 Å². The Labute approximate surface area is 122 Å². The Morgan fingerprint density at radius 3 is 2.06 bits per heavy atom. The fraction of sp³-hybridized carbons (Fsp3) is 0.571. The molecule has 0 aliphatic heterocycles. The molecule has 1 N–H and O–H groups in total. The summed E-state index contributed by atoms with van der Waals surface area (Å²) in [6, 6.07) is 7.55. The summed E-state index contributed by atoms with van der Waals surface area (Å²) < 4.78 is 0. The molecule has 0 aliphatic rings. The molecular weight excluding hydrogens is 207 g/mol. The zero-order valence-electron chi connectivity index (χ0n) is 10.2. The van der Waals surface area contributed by atoms with Crippen molar-refractivity contribution in [3.05, 3.63) is 29.8 Å². The first-order chi connectivity index (χ1) is 6.89. The molecule has 0 saturated heterocycles. The summed E-state index contributed by atoms with van der Waals surface area (Å²) in [5.41, 5.74) is 1.64. The summed E-state index contributed by atoms with van der Waals surface area (Å²) in [6.45, 7) is 9.14. The molecule has 0 bridgehead atoms. The van der Waals surface area contributed by atoms with Crippen LogP contribution in [0.4, 0.5) is 0 Å². The molecule has 86 valence electrons. The van der Waals surface area contributed by atoms with E-state index >= 15 is 0 Å². The van der Waals surface area contributed by atoms with Gasteiger partial charge in [-0.2, -0.15) is 0 Å². The third-order valence-electron chi connectivity index (χ3n) is 2.58. The van der Waals surface area contributed by atoms with Crippen LogP contribution in [-0.4, -0.2) is 34.7 Å². The van der Waals surface area contributed by atoms with E-state index in [1.54, 1.807) is 12.1 Å². The van der Waals surface area contributed by atoms with Crippen LogP contribution >= 0.6 is 0 Å². The van der Waals surface area contributed by atoms with Crippen molar-refractivity contribution in [1.82, 2.24) is 0 Å². The Hall–Kier alpha value is 0.0200. The monoisotopic (exact) mass is 230 g/mol. The molecule has 0 fully saturated rings. The van der Waals surface area contributed by atoms with Crippen LogP contribution < -0.4 is 0 Å². The van der Waals surface area contributed by atoms with E-state index in [1.807, 2.05) is 12.1 Å². The van der Waals surface area contributed by atoms with Crippen LogP contribution in [0.25, 0.3) is 0 Å². The first-order valence-corrected chi connectivity index (χ1v) is 5.67. The van der Waals surface area contributed by atoms with Gasteiger partial charge in [0.25, 0.3) is 0 Å². The molecule has 0 aromatic heterocycles. The number of phenols is 1. The molecule has 0 amide bonds. The predicted octanol–water partition coefficient (Wildman–Crippen LogP) is 3.36. The van der Waals surface area contributed by atoms with E-state index < -0.39 is 0 Å². The number of benzene rings is 1. The van der Waals surface area contributed by atoms with Crippen LogP contribution in [0.1, 0.15) is 39.7 Å². The number of hydrogen-bond donors (Lipinski definition) is 1. The van der Waals surface area contributed by atoms with Crippen molar-refractivity contribution in [2.24, 2.45) is 11.3 Å². The zero-order valence-corrected chi connectivity index (χ0v) is 10.2. The summed E-state index contributed by atoms with van der Waals surface area (Å²) in [5, 5.41) is 9.20. The van der Waals surface area contributed by atoms with Gasteiger partial charge < -0.3 is 5.11 Å². The van der Waals surface area contributed by atoms with Crippen molar-refractivity contribution in [1.29, 1.82) is 0 Å². The van der Waals surface area contributed by atoms with Gasteiger partial charge in [-0.25, -0.2) is 0 Å². The van der Waals surface area contributed by atoms with Crippen LogP contribution in [0.2, 0.25) is 0 Å². The summed E-state index contributed by atoms with van der Waals surface area (Å²) in [5.74, 6) is 1.08. The summed E-state index contributed by atoms with van der Waals surface area (Å²) in [4.78, 5) is 0. The Kier molecular flexibility index (Phi) is 6.69. The van der Waals surface area contributed by atoms with E-state index in [1.165, 1.54) is 12.0 Å². The summed E-state index contributed by atoms with van der Waals surface area (Å²) >= 11 is 0. The first-order valence-electron chi connectivity index (χ1n) is 5.67. The SMILES string of the molecule is CC(C)CC(C)(C)Cc1ccc(O)cc1.[NaH]. The van der Waals surface area contributed by atoms with Crippen LogP contribution in [0.15, 0.2) is 24.3 Å². The maximum absolute atomic E-state index is 9.20. The molecule has 0 heterocycles. The standard InChI is InChI=1S/C14H22O.Na.H/c1-11(2)9-14(3,4)10-12-5-7-13(15)8-6-12;;/h5-8,11,15H,9-10H2,1-4H3;;. The number of rotatable bonds is 4. The zero-order chi connectivity index (χ0) is 11.5. The van der Waals surface area contributed by atoms with Gasteiger partial charge in [-0.3, -0.25) is 0 Å². The molecule has 1 rings (SSSR count). The van der Waals surface area contributed by atoms with E-state index in [4.69, 9.17) is 0 Å². The molecule has 0 atom stereocenters. The average molecular weight is 230 g/mol. The van der Waals surface area contributed by atoms with Gasteiger partial charge in [0, 0.05) is 0 Å². The van der Waals surface area contributed by atoms with Crippen molar-refractivity contribution in [2.45, 2.75) is 40.5 Å². The van der Waals surface area contributed by atoms with Gasteiger partial charge in [-0.05, 0) is 41.9 Å². The number of aromatic hydroxyl groups is 1. The minimum atomic E-state index is 0. The van der Waals surface area contributed by atoms with E-state index in [2.05, 4.69) is 27.7 Å². The Morgan fingerprint density at radius 1 is 1.12 bits per heavy atom. The molecule has 1 aromatic carbocycles. The third-order valence-corrected chi connectivity index (χ3v) is 2.58. The molecule has 0 spiro atoms. The van der Waals surface area contributed by atoms with Crippen molar-refractivity contribution >= 4 is 29.6 Å². The molecule has 0 unspecified atom stereocenters. The van der Waals surface area contributed by atoms with Gasteiger partial charge in [-0.15, -0.1) is 0 Å². The molecule has 0 saturated carbocycles. The quantitative estimate of drug-likeness (QED) is 0.786. The third kappa shape index (κ3) is 5.93. The van der Waals surface area contributed by atoms with E-state index in [-0.39, 0.29) is 29.6 Å². The van der Waals surface area contributed by atoms with Crippen molar-refractivity contribution in [3.63, 3.8) is 0 Å². The predicted molar refractivity (Wildman–Crippen MR) is 72.2 cm³/mol. The summed E-state index contributed by atoms with van der Waals surface area (Å²) in [6.07, 6.45) is 2.30. The second kappa shape index (κ2) is 6.68. The fourth-order valence-electron chi connectivity index (χ4n) is 2.34. The van der Waals surface area contributed by atoms with Crippen LogP contribution in [0.5, 0.6) is 5.75 Å². The van der Waals surface area contributed by atoms with Gasteiger partial charge in [0.1, 0.15) is 5.75 Å². The fourth-order valence-corrected chi connectivity index (χ4v) is 2.34. The van der Waals surface area contributed by atoms with Crippen LogP contribution in [-0.2, 0) is 6.42 Å². The van der Waals surface area contributed by atoms with Crippen molar-refractivity contribution < 1.29 is 5.11 Å². The Morgan fingerprint density at radius 2 is 1.62 bits per heavy atom. The number of hydrogen-bond acceptors (Lipinski definition) is 1. The second-order valence-electron chi connectivity index (χ2n) is 5.61. The normalized spacial score (nSPS) is 11.3. The van der Waals surface area contributed by atoms with Crippen molar-refractivity contribution in [3.8, 4) is 5.75 Å². The van der Waals surface area contributed by atoms with E-state index in [9.17, 15) is 5.11 Å². The van der Waals surface area contributed by atoms with E-state index in [0.717, 1.165) is 12.3 Å². The second-order valence-corrected chi connectivity index (χ2v) is 5.61. The Bertz CT molecular complexity index is 301. The molecule has 2 heteroatoms. The first kappa shape index (κ1) is 16.0. The van der Waals surface area contributed by atoms with Gasteiger partial charge >= 0.3 is 29.6 Å². The maximum atomic E-state index is 9.20. The Balaban J connectivity index is 0.00000225. The van der Waals surface area contributed by atoms with Crippen molar-refractivity contribution in [2.75, 3.05) is 0 Å². The summed E-state index contributed by atoms with van der Waals surface area (Å²) in [7, 11) is 0. The van der Waals surface area contributed by atoms with Gasteiger partial charge in [0.15, 0.2) is 0 Å². The molecule has 1 aromatic rings.